The number of amides is 2. The van der Waals surface area contributed by atoms with Crippen molar-refractivity contribution in [3.63, 3.8) is 0 Å². The van der Waals surface area contributed by atoms with Gasteiger partial charge < -0.3 is 9.73 Å². The van der Waals surface area contributed by atoms with E-state index in [0.717, 1.165) is 0 Å². The Morgan fingerprint density at radius 1 is 1.00 bits per heavy atom. The van der Waals surface area contributed by atoms with Gasteiger partial charge in [-0.15, -0.1) is 0 Å². The lowest BCUT2D eigenvalue weighted by Crippen LogP contribution is -2.21. The lowest BCUT2D eigenvalue weighted by Gasteiger charge is -2.08. The number of hydrazone groups is 1. The monoisotopic (exact) mass is 378 g/mol. The molecule has 0 atom stereocenters. The summed E-state index contributed by atoms with van der Waals surface area (Å²) in [7, 11) is 0. The highest BCUT2D eigenvalue weighted by Crippen LogP contribution is 2.16. The van der Waals surface area contributed by atoms with Crippen molar-refractivity contribution in [1.29, 1.82) is 0 Å². The summed E-state index contributed by atoms with van der Waals surface area (Å²) in [5, 5.41) is 17.1. The first-order chi connectivity index (χ1) is 13.5. The minimum Gasteiger partial charge on any atom is -0.459 e. The van der Waals surface area contributed by atoms with Gasteiger partial charge in [0, 0.05) is 12.1 Å². The number of furan rings is 1. The third kappa shape index (κ3) is 4.47. The molecule has 0 radical (unpaired) electrons. The number of nitro groups is 1. The van der Waals surface area contributed by atoms with Crippen LogP contribution in [0.5, 0.6) is 0 Å². The van der Waals surface area contributed by atoms with E-state index in [9.17, 15) is 19.7 Å². The number of nitrogens with zero attached hydrogens (tertiary/aromatic N) is 2. The van der Waals surface area contributed by atoms with E-state index in [0.29, 0.717) is 11.3 Å². The van der Waals surface area contributed by atoms with Crippen molar-refractivity contribution in [2.24, 2.45) is 5.10 Å². The molecule has 2 amide bonds. The van der Waals surface area contributed by atoms with Crippen LogP contribution >= 0.6 is 0 Å². The lowest BCUT2D eigenvalue weighted by molar-refractivity contribution is -0.384. The average Bonchev–Trinajstić information content (AvgIpc) is 3.24. The van der Waals surface area contributed by atoms with Crippen LogP contribution in [0.2, 0.25) is 0 Å². The molecule has 0 saturated carbocycles. The van der Waals surface area contributed by atoms with E-state index in [1.54, 1.807) is 24.3 Å². The number of nitro benzene ring substituents is 1. The highest BCUT2D eigenvalue weighted by atomic mass is 16.6. The number of para-hydroxylation sites is 1. The maximum atomic E-state index is 12.4. The van der Waals surface area contributed by atoms with Crippen LogP contribution < -0.4 is 10.7 Å². The van der Waals surface area contributed by atoms with Crippen molar-refractivity contribution in [2.45, 2.75) is 0 Å². The maximum Gasteiger partial charge on any atom is 0.291 e. The van der Waals surface area contributed by atoms with Gasteiger partial charge in [0.05, 0.1) is 28.7 Å². The summed E-state index contributed by atoms with van der Waals surface area (Å²) in [5.41, 5.74) is 3.40. The largest absolute Gasteiger partial charge is 0.459 e. The van der Waals surface area contributed by atoms with Gasteiger partial charge in [0.25, 0.3) is 17.5 Å². The highest BCUT2D eigenvalue weighted by Gasteiger charge is 2.15. The van der Waals surface area contributed by atoms with E-state index >= 15 is 0 Å². The fourth-order valence-corrected chi connectivity index (χ4v) is 2.29. The smallest absolute Gasteiger partial charge is 0.291 e. The van der Waals surface area contributed by atoms with E-state index in [1.807, 2.05) is 0 Å². The van der Waals surface area contributed by atoms with Gasteiger partial charge in [-0.3, -0.25) is 19.7 Å². The number of anilines is 1. The van der Waals surface area contributed by atoms with E-state index in [1.165, 1.54) is 48.9 Å². The summed E-state index contributed by atoms with van der Waals surface area (Å²) in [6.45, 7) is 0. The fraction of sp³-hybridized carbons (Fsp3) is 0. The zero-order valence-corrected chi connectivity index (χ0v) is 14.4. The standard InChI is InChI=1S/C19H14N4O5/c24-18(22-20-12-13-7-9-14(10-8-13)23(26)27)15-4-1-2-5-16(15)21-19(25)17-6-3-11-28-17/h1-12H,(H,21,25)(H,22,24)/b20-12+. The van der Waals surface area contributed by atoms with Gasteiger partial charge in [-0.25, -0.2) is 5.43 Å². The molecule has 0 aliphatic carbocycles. The van der Waals surface area contributed by atoms with E-state index in [-0.39, 0.29) is 17.0 Å². The molecule has 2 aromatic carbocycles. The summed E-state index contributed by atoms with van der Waals surface area (Å²) in [4.78, 5) is 34.6. The Bertz CT molecular complexity index is 1030. The molecule has 1 heterocycles. The first-order valence-electron chi connectivity index (χ1n) is 8.06. The minimum absolute atomic E-state index is 0.0394. The van der Waals surface area contributed by atoms with Crippen molar-refractivity contribution < 1.29 is 18.9 Å². The third-order valence-corrected chi connectivity index (χ3v) is 3.65. The first-order valence-corrected chi connectivity index (χ1v) is 8.06. The Hall–Kier alpha value is -4.27. The molecule has 28 heavy (non-hydrogen) atoms. The van der Waals surface area contributed by atoms with Crippen LogP contribution in [-0.2, 0) is 0 Å². The molecule has 0 aliphatic rings. The van der Waals surface area contributed by atoms with Crippen LogP contribution in [0.3, 0.4) is 0 Å². The van der Waals surface area contributed by atoms with Gasteiger partial charge in [0.1, 0.15) is 0 Å². The molecular formula is C19H14N4O5. The van der Waals surface area contributed by atoms with Crippen molar-refractivity contribution in [3.05, 3.63) is 93.9 Å². The Balaban J connectivity index is 1.67. The predicted octanol–water partition coefficient (Wildman–Crippen LogP) is 3.20. The zero-order valence-electron chi connectivity index (χ0n) is 14.4. The number of hydrogen-bond donors (Lipinski definition) is 2. The summed E-state index contributed by atoms with van der Waals surface area (Å²) >= 11 is 0. The first kappa shape index (κ1) is 18.5. The molecule has 0 bridgehead atoms. The molecule has 9 nitrogen and oxygen atoms in total. The summed E-state index contributed by atoms with van der Waals surface area (Å²) in [6.07, 6.45) is 2.73. The molecule has 0 unspecified atom stereocenters. The molecule has 0 aliphatic heterocycles. The predicted molar refractivity (Wildman–Crippen MR) is 101 cm³/mol. The molecular weight excluding hydrogens is 364 g/mol. The lowest BCUT2D eigenvalue weighted by atomic mass is 10.1. The number of nitrogens with one attached hydrogen (secondary N) is 2. The highest BCUT2D eigenvalue weighted by molar-refractivity contribution is 6.07. The molecule has 0 spiro atoms. The molecule has 2 N–H and O–H groups in total. The quantitative estimate of drug-likeness (QED) is 0.387. The second-order valence-electron chi connectivity index (χ2n) is 5.52. The normalized spacial score (nSPS) is 10.6. The Morgan fingerprint density at radius 3 is 2.43 bits per heavy atom. The van der Waals surface area contributed by atoms with Gasteiger partial charge in [0.15, 0.2) is 5.76 Å². The van der Waals surface area contributed by atoms with Gasteiger partial charge in [-0.2, -0.15) is 5.10 Å². The van der Waals surface area contributed by atoms with Crippen LogP contribution in [0.1, 0.15) is 26.5 Å². The minimum atomic E-state index is -0.534. The van der Waals surface area contributed by atoms with Crippen LogP contribution in [0, 0.1) is 10.1 Å². The summed E-state index contributed by atoms with van der Waals surface area (Å²) < 4.78 is 5.03. The maximum absolute atomic E-state index is 12.4. The molecule has 3 aromatic rings. The number of benzene rings is 2. The van der Waals surface area contributed by atoms with E-state index in [4.69, 9.17) is 4.42 Å². The average molecular weight is 378 g/mol. The molecule has 1 aromatic heterocycles. The van der Waals surface area contributed by atoms with Crippen molar-refractivity contribution in [2.75, 3.05) is 5.32 Å². The molecule has 3 rings (SSSR count). The van der Waals surface area contributed by atoms with Gasteiger partial charge in [0.2, 0.25) is 0 Å². The number of hydrogen-bond acceptors (Lipinski definition) is 6. The number of carbonyl (C=O) groups is 2. The van der Waals surface area contributed by atoms with Crippen molar-refractivity contribution in [1.82, 2.24) is 5.43 Å². The Morgan fingerprint density at radius 2 is 1.75 bits per heavy atom. The van der Waals surface area contributed by atoms with Crippen LogP contribution in [-0.4, -0.2) is 23.0 Å². The zero-order chi connectivity index (χ0) is 19.9. The fourth-order valence-electron chi connectivity index (χ4n) is 2.29. The molecule has 0 fully saturated rings. The van der Waals surface area contributed by atoms with E-state index < -0.39 is 16.7 Å². The van der Waals surface area contributed by atoms with Gasteiger partial charge in [-0.05, 0) is 42.0 Å². The summed E-state index contributed by atoms with van der Waals surface area (Å²) in [6, 6.07) is 15.2. The molecule has 0 saturated heterocycles. The van der Waals surface area contributed by atoms with Crippen molar-refractivity contribution in [3.8, 4) is 0 Å². The van der Waals surface area contributed by atoms with Crippen LogP contribution in [0.4, 0.5) is 11.4 Å². The second kappa shape index (κ2) is 8.41. The Labute approximate surface area is 158 Å². The Kier molecular flexibility index (Phi) is 5.56. The third-order valence-electron chi connectivity index (χ3n) is 3.65. The number of carbonyl (C=O) groups excluding carboxylic acids is 2. The molecule has 140 valence electrons. The second-order valence-corrected chi connectivity index (χ2v) is 5.52. The van der Waals surface area contributed by atoms with Crippen LogP contribution in [0.25, 0.3) is 0 Å². The van der Waals surface area contributed by atoms with Gasteiger partial charge >= 0.3 is 0 Å². The van der Waals surface area contributed by atoms with E-state index in [2.05, 4.69) is 15.8 Å². The number of non-ortho nitro benzene ring substituents is 1. The summed E-state index contributed by atoms with van der Waals surface area (Å²) in [5.74, 6) is -0.903. The molecule has 9 heteroatoms. The van der Waals surface area contributed by atoms with Gasteiger partial charge in [-0.1, -0.05) is 12.1 Å². The number of rotatable bonds is 6. The topological polar surface area (TPSA) is 127 Å². The van der Waals surface area contributed by atoms with Crippen molar-refractivity contribution >= 4 is 29.4 Å². The van der Waals surface area contributed by atoms with Crippen LogP contribution in [0.15, 0.2) is 76.4 Å². The SMILES string of the molecule is O=C(Nc1ccccc1C(=O)N/N=C/c1ccc([N+](=O)[O-])cc1)c1ccco1.